The van der Waals surface area contributed by atoms with E-state index in [-0.39, 0.29) is 11.9 Å². The smallest absolute Gasteiger partial charge is 0.271 e. The highest BCUT2D eigenvalue weighted by Gasteiger charge is 2.18. The number of hydrogen-bond donors (Lipinski definition) is 3. The number of carbonyl (C=O) groups excluding carboxylic acids is 1. The van der Waals surface area contributed by atoms with Gasteiger partial charge in [0.15, 0.2) is 5.69 Å². The lowest BCUT2D eigenvalue weighted by Crippen LogP contribution is -2.46. The molecule has 7 heteroatoms. The molecule has 0 saturated heterocycles. The van der Waals surface area contributed by atoms with E-state index in [1.807, 2.05) is 0 Å². The topological polar surface area (TPSA) is 102 Å². The van der Waals surface area contributed by atoms with Gasteiger partial charge in [-0.3, -0.25) is 14.4 Å². The van der Waals surface area contributed by atoms with Crippen molar-refractivity contribution in [1.29, 1.82) is 0 Å². The first kappa shape index (κ1) is 16.5. The van der Waals surface area contributed by atoms with Gasteiger partial charge in [-0.15, -0.1) is 0 Å². The molecule has 1 amide bonds. The maximum Gasteiger partial charge on any atom is 0.271 e. The Bertz CT molecular complexity index is 706. The van der Waals surface area contributed by atoms with Crippen LogP contribution in [0.2, 0.25) is 0 Å². The lowest BCUT2D eigenvalue weighted by molar-refractivity contribution is 0.0942. The summed E-state index contributed by atoms with van der Waals surface area (Å²) < 4.78 is 1.47. The van der Waals surface area contributed by atoms with Crippen molar-refractivity contribution >= 4 is 11.7 Å². The molecule has 1 aromatic carbocycles. The number of amides is 1. The summed E-state index contributed by atoms with van der Waals surface area (Å²) in [7, 11) is 1.70. The fraction of sp³-hybridized carbons (Fsp3) is 0.412. The lowest BCUT2D eigenvalue weighted by atomic mass is 9.99. The van der Waals surface area contributed by atoms with Crippen molar-refractivity contribution in [3.8, 4) is 0 Å². The Morgan fingerprint density at radius 2 is 2.12 bits per heavy atom. The van der Waals surface area contributed by atoms with Crippen LogP contribution < -0.4 is 16.8 Å². The van der Waals surface area contributed by atoms with Gasteiger partial charge in [-0.2, -0.15) is 5.10 Å². The van der Waals surface area contributed by atoms with Crippen LogP contribution in [0.4, 0.5) is 5.82 Å². The second kappa shape index (κ2) is 7.02. The van der Waals surface area contributed by atoms with E-state index in [4.69, 9.17) is 11.5 Å². The Labute approximate surface area is 141 Å². The number of nitrogen functional groups attached to an aromatic ring is 1. The molecule has 0 aliphatic carbocycles. The van der Waals surface area contributed by atoms with Crippen molar-refractivity contribution in [2.75, 3.05) is 25.4 Å². The molecule has 2 heterocycles. The molecule has 1 aliphatic rings. The Morgan fingerprint density at radius 1 is 1.38 bits per heavy atom. The molecule has 2 aromatic rings. The molecule has 1 aliphatic heterocycles. The maximum atomic E-state index is 12.1. The Balaban J connectivity index is 1.48. The zero-order valence-electron chi connectivity index (χ0n) is 13.9. The minimum Gasteiger partial charge on any atom is -0.384 e. The van der Waals surface area contributed by atoms with Crippen LogP contribution in [0, 0.1) is 0 Å². The number of aryl methyl sites for hydroxylation is 1. The van der Waals surface area contributed by atoms with Crippen LogP contribution in [0.25, 0.3) is 0 Å². The second-order valence-corrected chi connectivity index (χ2v) is 6.30. The third-order valence-corrected chi connectivity index (χ3v) is 4.38. The number of carbonyl (C=O) groups is 1. The minimum absolute atomic E-state index is 0.125. The van der Waals surface area contributed by atoms with E-state index < -0.39 is 0 Å². The van der Waals surface area contributed by atoms with Gasteiger partial charge in [0.2, 0.25) is 0 Å². The molecule has 0 radical (unpaired) electrons. The average Bonchev–Trinajstić information content (AvgIpc) is 2.92. The quantitative estimate of drug-likeness (QED) is 0.723. The largest absolute Gasteiger partial charge is 0.384 e. The number of rotatable bonds is 5. The van der Waals surface area contributed by atoms with Crippen LogP contribution in [-0.2, 0) is 20.0 Å². The Kier molecular flexibility index (Phi) is 4.82. The van der Waals surface area contributed by atoms with Crippen LogP contribution >= 0.6 is 0 Å². The zero-order valence-corrected chi connectivity index (χ0v) is 13.9. The van der Waals surface area contributed by atoms with E-state index >= 15 is 0 Å². The molecule has 24 heavy (non-hydrogen) atoms. The summed E-state index contributed by atoms with van der Waals surface area (Å²) in [6.07, 6.45) is 1.04. The van der Waals surface area contributed by atoms with Gasteiger partial charge in [-0.05, 0) is 17.5 Å². The predicted molar refractivity (Wildman–Crippen MR) is 93.4 cm³/mol. The Hall–Kier alpha value is -2.38. The highest BCUT2D eigenvalue weighted by molar-refractivity contribution is 5.92. The number of nitrogens with zero attached hydrogens (tertiary/aromatic N) is 3. The van der Waals surface area contributed by atoms with Crippen molar-refractivity contribution in [3.05, 3.63) is 47.2 Å². The summed E-state index contributed by atoms with van der Waals surface area (Å²) in [5, 5.41) is 6.88. The molecule has 128 valence electrons. The number of fused-ring (bicyclic) bond motifs is 1. The monoisotopic (exact) mass is 328 g/mol. The average molecular weight is 328 g/mol. The van der Waals surface area contributed by atoms with E-state index in [1.165, 1.54) is 15.8 Å². The molecule has 7 nitrogen and oxygen atoms in total. The molecule has 3 rings (SSSR count). The highest BCUT2D eigenvalue weighted by atomic mass is 16.1. The molecule has 0 fully saturated rings. The van der Waals surface area contributed by atoms with Crippen LogP contribution in [0.5, 0.6) is 0 Å². The number of hydrogen-bond acceptors (Lipinski definition) is 5. The minimum atomic E-state index is -0.248. The fourth-order valence-electron chi connectivity index (χ4n) is 3.01. The third kappa shape index (κ3) is 3.74. The molecule has 0 saturated carbocycles. The first-order valence-corrected chi connectivity index (χ1v) is 8.15. The van der Waals surface area contributed by atoms with Crippen molar-refractivity contribution in [2.24, 2.45) is 12.8 Å². The SMILES string of the molecule is Cn1nc(C(=O)NCC(N)CN2CCc3ccccc3C2)cc1N. The van der Waals surface area contributed by atoms with Crippen molar-refractivity contribution < 1.29 is 4.79 Å². The van der Waals surface area contributed by atoms with E-state index in [1.54, 1.807) is 13.1 Å². The summed E-state index contributed by atoms with van der Waals surface area (Å²) in [4.78, 5) is 14.4. The summed E-state index contributed by atoms with van der Waals surface area (Å²) in [5.74, 6) is 0.207. The normalized spacial score (nSPS) is 15.8. The molecular weight excluding hydrogens is 304 g/mol. The number of anilines is 1. The summed E-state index contributed by atoms with van der Waals surface area (Å²) in [5.41, 5.74) is 15.0. The number of benzene rings is 1. The number of nitrogens with two attached hydrogens (primary N) is 2. The Morgan fingerprint density at radius 3 is 2.83 bits per heavy atom. The predicted octanol–water partition coefficient (Wildman–Crippen LogP) is 0.118. The van der Waals surface area contributed by atoms with Gasteiger partial charge in [-0.1, -0.05) is 24.3 Å². The van der Waals surface area contributed by atoms with Crippen LogP contribution in [0.3, 0.4) is 0 Å². The van der Waals surface area contributed by atoms with Crippen LogP contribution in [0.15, 0.2) is 30.3 Å². The van der Waals surface area contributed by atoms with E-state index in [0.29, 0.717) is 18.1 Å². The second-order valence-electron chi connectivity index (χ2n) is 6.30. The van der Waals surface area contributed by atoms with Gasteiger partial charge in [0.1, 0.15) is 5.82 Å². The molecular formula is C17H24N6O. The zero-order chi connectivity index (χ0) is 17.1. The summed E-state index contributed by atoms with van der Waals surface area (Å²) in [6.45, 7) is 3.07. The molecule has 0 spiro atoms. The van der Waals surface area contributed by atoms with Gasteiger partial charge < -0.3 is 16.8 Å². The molecule has 1 aromatic heterocycles. The van der Waals surface area contributed by atoms with E-state index in [2.05, 4.69) is 39.6 Å². The molecule has 5 N–H and O–H groups in total. The van der Waals surface area contributed by atoms with Gasteiger partial charge in [-0.25, -0.2) is 0 Å². The lowest BCUT2D eigenvalue weighted by Gasteiger charge is -2.30. The highest BCUT2D eigenvalue weighted by Crippen LogP contribution is 2.18. The van der Waals surface area contributed by atoms with Crippen LogP contribution in [0.1, 0.15) is 21.6 Å². The molecule has 0 bridgehead atoms. The molecule has 1 unspecified atom stereocenters. The fourth-order valence-corrected chi connectivity index (χ4v) is 3.01. The number of nitrogens with one attached hydrogen (secondary N) is 1. The van der Waals surface area contributed by atoms with Gasteiger partial charge >= 0.3 is 0 Å². The van der Waals surface area contributed by atoms with Gasteiger partial charge in [0, 0.05) is 45.3 Å². The van der Waals surface area contributed by atoms with E-state index in [9.17, 15) is 4.79 Å². The number of aromatic nitrogens is 2. The summed E-state index contributed by atoms with van der Waals surface area (Å²) >= 11 is 0. The third-order valence-electron chi connectivity index (χ3n) is 4.38. The first-order chi connectivity index (χ1) is 11.5. The van der Waals surface area contributed by atoms with Crippen molar-refractivity contribution in [2.45, 2.75) is 19.0 Å². The van der Waals surface area contributed by atoms with E-state index in [0.717, 1.165) is 26.1 Å². The van der Waals surface area contributed by atoms with Crippen molar-refractivity contribution in [1.82, 2.24) is 20.0 Å². The summed E-state index contributed by atoms with van der Waals surface area (Å²) in [6, 6.07) is 9.94. The van der Waals surface area contributed by atoms with Crippen molar-refractivity contribution in [3.63, 3.8) is 0 Å². The first-order valence-electron chi connectivity index (χ1n) is 8.15. The van der Waals surface area contributed by atoms with Crippen LogP contribution in [-0.4, -0.2) is 46.3 Å². The van der Waals surface area contributed by atoms with Gasteiger partial charge in [0.25, 0.3) is 5.91 Å². The molecule has 1 atom stereocenters. The maximum absolute atomic E-state index is 12.1. The van der Waals surface area contributed by atoms with Gasteiger partial charge in [0.05, 0.1) is 0 Å². The standard InChI is InChI=1S/C17H24N6O/c1-22-16(19)8-15(21-22)17(24)20-9-14(18)11-23-7-6-12-4-2-3-5-13(12)10-23/h2-5,8,14H,6-7,9-11,18-19H2,1H3,(H,20,24).